The van der Waals surface area contributed by atoms with Crippen LogP contribution < -0.4 is 9.64 Å². The Hall–Kier alpha value is -3.14. The third-order valence-electron chi connectivity index (χ3n) is 4.87. The Kier molecular flexibility index (Phi) is 4.63. The van der Waals surface area contributed by atoms with Crippen LogP contribution in [0.15, 0.2) is 72.8 Å². The summed E-state index contributed by atoms with van der Waals surface area (Å²) in [6.07, 6.45) is 1.60. The molecule has 0 aromatic heterocycles. The van der Waals surface area contributed by atoms with Crippen LogP contribution in [0.3, 0.4) is 0 Å². The van der Waals surface area contributed by atoms with Crippen LogP contribution >= 0.6 is 0 Å². The number of halogens is 1. The summed E-state index contributed by atoms with van der Waals surface area (Å²) < 4.78 is 19.3. The van der Waals surface area contributed by atoms with Crippen LogP contribution in [0.5, 0.6) is 11.5 Å². The first-order valence-corrected chi connectivity index (χ1v) is 9.07. The van der Waals surface area contributed by atoms with Gasteiger partial charge in [-0.2, -0.15) is 0 Å². The zero-order valence-corrected chi connectivity index (χ0v) is 15.1. The van der Waals surface area contributed by atoms with Crippen LogP contribution in [-0.4, -0.2) is 11.9 Å². The molecule has 0 fully saturated rings. The predicted octanol–water partition coefficient (Wildman–Crippen LogP) is 5.60. The van der Waals surface area contributed by atoms with Gasteiger partial charge >= 0.3 is 0 Å². The fourth-order valence-corrected chi connectivity index (χ4v) is 3.46. The maximum absolute atomic E-state index is 13.5. The van der Waals surface area contributed by atoms with E-state index >= 15 is 0 Å². The minimum atomic E-state index is -0.266. The molecule has 0 saturated heterocycles. The van der Waals surface area contributed by atoms with Gasteiger partial charge in [0.05, 0.1) is 0 Å². The highest BCUT2D eigenvalue weighted by atomic mass is 19.1. The number of rotatable bonds is 3. The van der Waals surface area contributed by atoms with Gasteiger partial charge in [-0.15, -0.1) is 0 Å². The summed E-state index contributed by atoms with van der Waals surface area (Å²) in [7, 11) is 0. The van der Waals surface area contributed by atoms with Crippen molar-refractivity contribution >= 4 is 11.6 Å². The molecule has 0 radical (unpaired) electrons. The summed E-state index contributed by atoms with van der Waals surface area (Å²) in [5.74, 6) is 1.07. The van der Waals surface area contributed by atoms with Crippen molar-refractivity contribution < 1.29 is 13.9 Å². The van der Waals surface area contributed by atoms with Crippen molar-refractivity contribution in [2.45, 2.75) is 25.8 Å². The van der Waals surface area contributed by atoms with E-state index in [0.717, 1.165) is 29.8 Å². The Balaban J connectivity index is 1.58. The monoisotopic (exact) mass is 361 g/mol. The van der Waals surface area contributed by atoms with Crippen molar-refractivity contribution in [2.75, 3.05) is 4.90 Å². The van der Waals surface area contributed by atoms with Crippen molar-refractivity contribution in [2.24, 2.45) is 0 Å². The van der Waals surface area contributed by atoms with Gasteiger partial charge in [-0.1, -0.05) is 18.2 Å². The zero-order valence-electron chi connectivity index (χ0n) is 15.1. The van der Waals surface area contributed by atoms with Crippen LogP contribution in [0, 0.1) is 5.82 Å². The van der Waals surface area contributed by atoms with Gasteiger partial charge < -0.3 is 9.64 Å². The lowest BCUT2D eigenvalue weighted by Crippen LogP contribution is -2.42. The number of hydrogen-bond acceptors (Lipinski definition) is 2. The van der Waals surface area contributed by atoms with Gasteiger partial charge in [0.15, 0.2) is 0 Å². The highest BCUT2D eigenvalue weighted by Gasteiger charge is 2.29. The average Bonchev–Trinajstić information content (AvgIpc) is 2.69. The van der Waals surface area contributed by atoms with E-state index < -0.39 is 0 Å². The molecule has 4 heteroatoms. The molecule has 1 aliphatic rings. The van der Waals surface area contributed by atoms with Gasteiger partial charge in [0.1, 0.15) is 17.3 Å². The molecule has 3 aromatic rings. The Morgan fingerprint density at radius 3 is 2.44 bits per heavy atom. The van der Waals surface area contributed by atoms with Crippen LogP contribution in [0.25, 0.3) is 0 Å². The second-order valence-electron chi connectivity index (χ2n) is 6.78. The lowest BCUT2D eigenvalue weighted by molar-refractivity contribution is 0.0975. The summed E-state index contributed by atoms with van der Waals surface area (Å²) in [5, 5.41) is 0. The summed E-state index contributed by atoms with van der Waals surface area (Å²) in [4.78, 5) is 14.9. The molecule has 0 unspecified atom stereocenters. The summed E-state index contributed by atoms with van der Waals surface area (Å²) >= 11 is 0. The number of ether oxygens (including phenoxy) is 1. The maximum Gasteiger partial charge on any atom is 0.258 e. The number of nitrogens with zero attached hydrogens (tertiary/aromatic N) is 1. The number of anilines is 1. The Bertz CT molecular complexity index is 954. The summed E-state index contributed by atoms with van der Waals surface area (Å²) in [5.41, 5.74) is 2.26. The van der Waals surface area contributed by atoms with Gasteiger partial charge in [-0.3, -0.25) is 4.79 Å². The molecule has 3 nitrogen and oxygen atoms in total. The van der Waals surface area contributed by atoms with Crippen molar-refractivity contribution in [3.63, 3.8) is 0 Å². The molecule has 1 aliphatic heterocycles. The van der Waals surface area contributed by atoms with E-state index in [9.17, 15) is 9.18 Å². The molecule has 1 amide bonds. The molecule has 27 heavy (non-hydrogen) atoms. The largest absolute Gasteiger partial charge is 0.457 e. The molecular formula is C23H20FNO2. The number of amides is 1. The molecule has 0 bridgehead atoms. The Morgan fingerprint density at radius 1 is 1.00 bits per heavy atom. The first-order chi connectivity index (χ1) is 13.1. The number of carbonyl (C=O) groups excluding carboxylic acids is 1. The average molecular weight is 361 g/mol. The van der Waals surface area contributed by atoms with E-state index in [1.54, 1.807) is 35.2 Å². The molecule has 0 N–H and O–H groups in total. The first-order valence-electron chi connectivity index (χ1n) is 9.07. The van der Waals surface area contributed by atoms with E-state index in [0.29, 0.717) is 11.3 Å². The van der Waals surface area contributed by atoms with E-state index in [4.69, 9.17) is 4.74 Å². The molecule has 0 aliphatic carbocycles. The number of benzene rings is 3. The zero-order chi connectivity index (χ0) is 18.8. The fraction of sp³-hybridized carbons (Fsp3) is 0.174. The van der Waals surface area contributed by atoms with Crippen molar-refractivity contribution in [1.29, 1.82) is 0 Å². The molecule has 0 saturated carbocycles. The van der Waals surface area contributed by atoms with Gasteiger partial charge in [0, 0.05) is 17.3 Å². The van der Waals surface area contributed by atoms with Crippen LogP contribution in [0.4, 0.5) is 10.1 Å². The normalized spacial score (nSPS) is 15.9. The maximum atomic E-state index is 13.5. The minimum absolute atomic E-state index is 0.0655. The molecule has 3 aromatic carbocycles. The van der Waals surface area contributed by atoms with Crippen LogP contribution in [0.2, 0.25) is 0 Å². The Morgan fingerprint density at radius 2 is 1.70 bits per heavy atom. The van der Waals surface area contributed by atoms with E-state index in [-0.39, 0.29) is 17.8 Å². The van der Waals surface area contributed by atoms with Gasteiger partial charge in [0.2, 0.25) is 0 Å². The minimum Gasteiger partial charge on any atom is -0.457 e. The third kappa shape index (κ3) is 3.56. The highest BCUT2D eigenvalue weighted by molar-refractivity contribution is 6.07. The topological polar surface area (TPSA) is 29.5 Å². The van der Waals surface area contributed by atoms with Gasteiger partial charge in [-0.05, 0) is 79.9 Å². The lowest BCUT2D eigenvalue weighted by Gasteiger charge is -2.35. The molecule has 4 rings (SSSR count). The quantitative estimate of drug-likeness (QED) is 0.608. The molecule has 1 atom stereocenters. The van der Waals surface area contributed by atoms with E-state index in [2.05, 4.69) is 0 Å². The number of aryl methyl sites for hydroxylation is 1. The highest BCUT2D eigenvalue weighted by Crippen LogP contribution is 2.33. The third-order valence-corrected chi connectivity index (χ3v) is 4.87. The SMILES string of the molecule is C[C@H]1CCc2cc(F)ccc2N1C(=O)c1ccc(Oc2ccccc2)cc1. The predicted molar refractivity (Wildman–Crippen MR) is 104 cm³/mol. The second-order valence-corrected chi connectivity index (χ2v) is 6.78. The van der Waals surface area contributed by atoms with Gasteiger partial charge in [0.25, 0.3) is 5.91 Å². The lowest BCUT2D eigenvalue weighted by atomic mass is 9.95. The molecule has 1 heterocycles. The first kappa shape index (κ1) is 17.3. The van der Waals surface area contributed by atoms with Crippen molar-refractivity contribution in [3.05, 3.63) is 89.7 Å². The fourth-order valence-electron chi connectivity index (χ4n) is 3.46. The number of carbonyl (C=O) groups is 1. The molecular weight excluding hydrogens is 341 g/mol. The van der Waals surface area contributed by atoms with Crippen molar-refractivity contribution in [1.82, 2.24) is 0 Å². The van der Waals surface area contributed by atoms with Crippen LogP contribution in [-0.2, 0) is 6.42 Å². The molecule has 0 spiro atoms. The van der Waals surface area contributed by atoms with E-state index in [1.807, 2.05) is 37.3 Å². The second kappa shape index (κ2) is 7.23. The number of para-hydroxylation sites is 1. The van der Waals surface area contributed by atoms with Crippen LogP contribution in [0.1, 0.15) is 29.3 Å². The Labute approximate surface area is 158 Å². The van der Waals surface area contributed by atoms with Gasteiger partial charge in [-0.25, -0.2) is 4.39 Å². The number of hydrogen-bond donors (Lipinski definition) is 0. The summed E-state index contributed by atoms with van der Waals surface area (Å²) in [6.45, 7) is 2.02. The van der Waals surface area contributed by atoms with Crippen molar-refractivity contribution in [3.8, 4) is 11.5 Å². The standard InChI is InChI=1S/C23H20FNO2/c1-16-7-8-18-15-19(24)11-14-22(18)25(16)23(26)17-9-12-21(13-10-17)27-20-5-3-2-4-6-20/h2-6,9-16H,7-8H2,1H3/t16-/m0/s1. The smallest absolute Gasteiger partial charge is 0.258 e. The molecule has 136 valence electrons. The summed E-state index contributed by atoms with van der Waals surface area (Å²) in [6, 6.07) is 21.3. The number of fused-ring (bicyclic) bond motifs is 1. The van der Waals surface area contributed by atoms with E-state index in [1.165, 1.54) is 12.1 Å².